The highest BCUT2D eigenvalue weighted by Crippen LogP contribution is 2.44. The number of hydrogen-bond acceptors (Lipinski definition) is 6. The first-order valence-corrected chi connectivity index (χ1v) is 11.3. The van der Waals surface area contributed by atoms with E-state index in [1.165, 1.54) is 18.4 Å². The van der Waals surface area contributed by atoms with Crippen molar-refractivity contribution < 1.29 is 24.2 Å². The molecule has 1 heterocycles. The van der Waals surface area contributed by atoms with Gasteiger partial charge in [-0.3, -0.25) is 9.59 Å². The van der Waals surface area contributed by atoms with Crippen molar-refractivity contribution >= 4 is 29.3 Å². The summed E-state index contributed by atoms with van der Waals surface area (Å²) in [5.41, 5.74) is 4.72. The first kappa shape index (κ1) is 22.5. The van der Waals surface area contributed by atoms with Crippen LogP contribution in [0.3, 0.4) is 0 Å². The number of aromatic nitrogens is 1. The van der Waals surface area contributed by atoms with Gasteiger partial charge in [-0.2, -0.15) is 0 Å². The fourth-order valence-corrected chi connectivity index (χ4v) is 4.73. The Hall–Kier alpha value is -3.72. The van der Waals surface area contributed by atoms with Crippen molar-refractivity contribution in [3.8, 4) is 11.1 Å². The molecule has 2 N–H and O–H groups in total. The maximum atomic E-state index is 12.5. The number of rotatable bonds is 7. The number of carboxylic acids is 1. The van der Waals surface area contributed by atoms with Gasteiger partial charge in [0, 0.05) is 18.3 Å². The lowest BCUT2D eigenvalue weighted by Crippen LogP contribution is -2.32. The Morgan fingerprint density at radius 3 is 2.33 bits per heavy atom. The maximum absolute atomic E-state index is 12.5. The molecule has 33 heavy (non-hydrogen) atoms. The van der Waals surface area contributed by atoms with Crippen LogP contribution in [-0.4, -0.2) is 53.2 Å². The van der Waals surface area contributed by atoms with Gasteiger partial charge in [-0.15, -0.1) is 11.3 Å². The molecule has 0 fully saturated rings. The molecule has 3 aromatic rings. The molecular formula is C24H23N3O5S. The fraction of sp³-hybridized carbons (Fsp3) is 0.250. The third-order valence-corrected chi connectivity index (χ3v) is 6.54. The zero-order chi connectivity index (χ0) is 23.5. The van der Waals surface area contributed by atoms with E-state index in [9.17, 15) is 14.4 Å². The van der Waals surface area contributed by atoms with Gasteiger partial charge in [0.05, 0.1) is 6.04 Å². The van der Waals surface area contributed by atoms with E-state index in [4.69, 9.17) is 9.84 Å². The molecule has 1 aliphatic carbocycles. The molecule has 1 aliphatic rings. The number of nitrogens with one attached hydrogen (secondary N) is 1. The molecule has 1 atom stereocenters. The van der Waals surface area contributed by atoms with Gasteiger partial charge in [-0.25, -0.2) is 9.78 Å². The number of benzene rings is 2. The Labute approximate surface area is 194 Å². The molecule has 170 valence electrons. The molecule has 8 nitrogen and oxygen atoms in total. The Balaban J connectivity index is 1.37. The Bertz CT molecular complexity index is 1160. The summed E-state index contributed by atoms with van der Waals surface area (Å²) in [6.45, 7) is 1.53. The SMILES string of the molecule is CC(NC(=O)OCC1c2ccccc2-c2ccccc21)c1nc(C(=O)N(C)CC(=O)O)cs1. The van der Waals surface area contributed by atoms with Gasteiger partial charge < -0.3 is 20.1 Å². The lowest BCUT2D eigenvalue weighted by Gasteiger charge is -2.16. The van der Waals surface area contributed by atoms with Gasteiger partial charge in [-0.05, 0) is 29.2 Å². The van der Waals surface area contributed by atoms with E-state index in [2.05, 4.69) is 34.6 Å². The van der Waals surface area contributed by atoms with E-state index < -0.39 is 30.6 Å². The molecule has 2 aromatic carbocycles. The van der Waals surface area contributed by atoms with Gasteiger partial charge >= 0.3 is 12.1 Å². The summed E-state index contributed by atoms with van der Waals surface area (Å²) < 4.78 is 5.55. The summed E-state index contributed by atoms with van der Waals surface area (Å²) in [7, 11) is 1.40. The standard InChI is InChI=1S/C24H23N3O5S/c1-14(22-26-20(13-33-22)23(30)27(2)11-21(28)29)25-24(31)32-12-19-17-9-5-3-7-15(17)16-8-4-6-10-18(16)19/h3-10,13-14,19H,11-12H2,1-2H3,(H,25,31)(H,28,29). The van der Waals surface area contributed by atoms with Crippen LogP contribution in [0.25, 0.3) is 11.1 Å². The normalized spacial score (nSPS) is 13.0. The highest BCUT2D eigenvalue weighted by atomic mass is 32.1. The summed E-state index contributed by atoms with van der Waals surface area (Å²) in [4.78, 5) is 40.9. The van der Waals surface area contributed by atoms with Crippen LogP contribution in [0.4, 0.5) is 4.79 Å². The number of fused-ring (bicyclic) bond motifs is 3. The molecule has 1 aromatic heterocycles. The molecule has 9 heteroatoms. The van der Waals surface area contributed by atoms with Crippen molar-refractivity contribution in [3.63, 3.8) is 0 Å². The second-order valence-corrected chi connectivity index (χ2v) is 8.71. The molecule has 0 saturated carbocycles. The molecule has 2 amide bonds. The second kappa shape index (κ2) is 9.41. The minimum atomic E-state index is -1.11. The molecule has 0 radical (unpaired) electrons. The number of alkyl carbamates (subject to hydrolysis) is 1. The van der Waals surface area contributed by atoms with Crippen LogP contribution in [0.15, 0.2) is 53.9 Å². The van der Waals surface area contributed by atoms with Crippen LogP contribution >= 0.6 is 11.3 Å². The number of likely N-dealkylation sites (N-methyl/N-ethyl adjacent to an activating group) is 1. The molecule has 1 unspecified atom stereocenters. The van der Waals surface area contributed by atoms with Gasteiger partial charge in [0.1, 0.15) is 23.9 Å². The largest absolute Gasteiger partial charge is 0.480 e. The van der Waals surface area contributed by atoms with Crippen molar-refractivity contribution in [2.45, 2.75) is 18.9 Å². The first-order chi connectivity index (χ1) is 15.8. The Kier molecular flexibility index (Phi) is 6.41. The summed E-state index contributed by atoms with van der Waals surface area (Å²) in [6.07, 6.45) is -0.574. The number of ether oxygens (including phenoxy) is 1. The van der Waals surface area contributed by atoms with Crippen LogP contribution in [0, 0.1) is 0 Å². The van der Waals surface area contributed by atoms with E-state index >= 15 is 0 Å². The van der Waals surface area contributed by atoms with Crippen LogP contribution < -0.4 is 5.32 Å². The van der Waals surface area contributed by atoms with Crippen molar-refractivity contribution in [3.05, 3.63) is 75.7 Å². The second-order valence-electron chi connectivity index (χ2n) is 7.82. The smallest absolute Gasteiger partial charge is 0.407 e. The van der Waals surface area contributed by atoms with E-state index in [0.29, 0.717) is 5.01 Å². The average Bonchev–Trinajstić information content (AvgIpc) is 3.40. The van der Waals surface area contributed by atoms with Crippen molar-refractivity contribution in [2.75, 3.05) is 20.2 Å². The van der Waals surface area contributed by atoms with Gasteiger partial charge in [0.15, 0.2) is 0 Å². The quantitative estimate of drug-likeness (QED) is 0.548. The minimum absolute atomic E-state index is 0.0349. The van der Waals surface area contributed by atoms with E-state index in [0.717, 1.165) is 27.2 Å². The number of hydrogen-bond donors (Lipinski definition) is 2. The Morgan fingerprint density at radius 2 is 1.73 bits per heavy atom. The third-order valence-electron chi connectivity index (χ3n) is 5.51. The van der Waals surface area contributed by atoms with Crippen LogP contribution in [0.2, 0.25) is 0 Å². The summed E-state index contributed by atoms with van der Waals surface area (Å²) in [5.74, 6) is -1.63. The predicted molar refractivity (Wildman–Crippen MR) is 123 cm³/mol. The van der Waals surface area contributed by atoms with Crippen molar-refractivity contribution in [1.82, 2.24) is 15.2 Å². The van der Waals surface area contributed by atoms with Crippen molar-refractivity contribution in [1.29, 1.82) is 0 Å². The van der Waals surface area contributed by atoms with E-state index in [1.54, 1.807) is 12.3 Å². The summed E-state index contributed by atoms with van der Waals surface area (Å²) >= 11 is 1.21. The number of amides is 2. The fourth-order valence-electron chi connectivity index (χ4n) is 3.93. The van der Waals surface area contributed by atoms with Crippen LogP contribution in [0.5, 0.6) is 0 Å². The number of carboxylic acid groups (broad SMARTS) is 1. The average molecular weight is 466 g/mol. The molecular weight excluding hydrogens is 442 g/mol. The van der Waals surface area contributed by atoms with Crippen molar-refractivity contribution in [2.24, 2.45) is 0 Å². The number of thiazole rings is 1. The molecule has 0 saturated heterocycles. The number of aliphatic carboxylic acids is 1. The predicted octanol–water partition coefficient (Wildman–Crippen LogP) is 3.90. The maximum Gasteiger partial charge on any atom is 0.407 e. The highest BCUT2D eigenvalue weighted by Gasteiger charge is 2.29. The van der Waals surface area contributed by atoms with E-state index in [1.807, 2.05) is 24.3 Å². The molecule has 0 spiro atoms. The van der Waals surface area contributed by atoms with Crippen LogP contribution in [-0.2, 0) is 9.53 Å². The number of carbonyl (C=O) groups is 3. The van der Waals surface area contributed by atoms with Crippen LogP contribution in [0.1, 0.15) is 45.5 Å². The minimum Gasteiger partial charge on any atom is -0.480 e. The lowest BCUT2D eigenvalue weighted by molar-refractivity contribution is -0.137. The molecule has 0 aliphatic heterocycles. The highest BCUT2D eigenvalue weighted by molar-refractivity contribution is 7.09. The zero-order valence-electron chi connectivity index (χ0n) is 18.1. The lowest BCUT2D eigenvalue weighted by atomic mass is 9.98. The van der Waals surface area contributed by atoms with E-state index in [-0.39, 0.29) is 18.2 Å². The van der Waals surface area contributed by atoms with Gasteiger partial charge in [-0.1, -0.05) is 48.5 Å². The Morgan fingerprint density at radius 1 is 1.12 bits per heavy atom. The third kappa shape index (κ3) is 4.73. The van der Waals surface area contributed by atoms with Gasteiger partial charge in [0.2, 0.25) is 0 Å². The molecule has 4 rings (SSSR count). The zero-order valence-corrected chi connectivity index (χ0v) is 19.0. The number of nitrogens with zero attached hydrogens (tertiary/aromatic N) is 2. The summed E-state index contributed by atoms with van der Waals surface area (Å²) in [6, 6.07) is 15.7. The molecule has 0 bridgehead atoms. The topological polar surface area (TPSA) is 109 Å². The summed E-state index contributed by atoms with van der Waals surface area (Å²) in [5, 5.41) is 13.7. The monoisotopic (exact) mass is 465 g/mol. The van der Waals surface area contributed by atoms with Gasteiger partial charge in [0.25, 0.3) is 5.91 Å². The first-order valence-electron chi connectivity index (χ1n) is 10.4. The number of carbonyl (C=O) groups excluding carboxylic acids is 2.